The Morgan fingerprint density at radius 2 is 1.95 bits per heavy atom. The first-order valence-electron chi connectivity index (χ1n) is 7.72. The van der Waals surface area contributed by atoms with Crippen molar-refractivity contribution in [3.05, 3.63) is 34.9 Å². The van der Waals surface area contributed by atoms with Gasteiger partial charge in [0.2, 0.25) is 5.78 Å². The molecule has 0 bridgehead atoms. The van der Waals surface area contributed by atoms with Gasteiger partial charge >= 0.3 is 0 Å². The van der Waals surface area contributed by atoms with Gasteiger partial charge in [0.05, 0.1) is 12.7 Å². The van der Waals surface area contributed by atoms with Gasteiger partial charge in [0.15, 0.2) is 0 Å². The van der Waals surface area contributed by atoms with Gasteiger partial charge in [0.25, 0.3) is 5.91 Å². The first-order chi connectivity index (χ1) is 10.1. The van der Waals surface area contributed by atoms with Crippen LogP contribution >= 0.6 is 0 Å². The molecule has 1 fully saturated rings. The average Bonchev–Trinajstić information content (AvgIpc) is 2.53. The van der Waals surface area contributed by atoms with Gasteiger partial charge in [-0.15, -0.1) is 0 Å². The molecule has 0 N–H and O–H groups in total. The Morgan fingerprint density at radius 1 is 1.19 bits per heavy atom. The van der Waals surface area contributed by atoms with Crippen molar-refractivity contribution in [2.24, 2.45) is 0 Å². The predicted molar refractivity (Wildman–Crippen MR) is 79.4 cm³/mol. The zero-order valence-corrected chi connectivity index (χ0v) is 12.4. The van der Waals surface area contributed by atoms with Crippen LogP contribution in [0, 0.1) is 0 Å². The number of ether oxygens (including phenoxy) is 1. The molecular formula is C17H21NO3. The van der Waals surface area contributed by atoms with E-state index in [1.807, 2.05) is 19.1 Å². The van der Waals surface area contributed by atoms with E-state index in [1.165, 1.54) is 24.0 Å². The van der Waals surface area contributed by atoms with E-state index in [-0.39, 0.29) is 6.10 Å². The summed E-state index contributed by atoms with van der Waals surface area (Å²) >= 11 is 0. The van der Waals surface area contributed by atoms with E-state index in [1.54, 1.807) is 11.0 Å². The smallest absolute Gasteiger partial charge is 0.295 e. The molecule has 2 aliphatic rings. The molecule has 1 aliphatic carbocycles. The highest BCUT2D eigenvalue weighted by molar-refractivity contribution is 6.42. The van der Waals surface area contributed by atoms with Crippen LogP contribution in [0.4, 0.5) is 0 Å². The quantitative estimate of drug-likeness (QED) is 0.617. The van der Waals surface area contributed by atoms with Crippen molar-refractivity contribution in [1.82, 2.24) is 4.90 Å². The molecule has 1 amide bonds. The number of nitrogens with zero attached hydrogens (tertiary/aromatic N) is 1. The van der Waals surface area contributed by atoms with Crippen LogP contribution in [-0.2, 0) is 22.4 Å². The van der Waals surface area contributed by atoms with E-state index in [0.717, 1.165) is 12.8 Å². The van der Waals surface area contributed by atoms with E-state index in [2.05, 4.69) is 0 Å². The molecule has 4 nitrogen and oxygen atoms in total. The minimum Gasteiger partial charge on any atom is -0.375 e. The lowest BCUT2D eigenvalue weighted by atomic mass is 9.89. The summed E-state index contributed by atoms with van der Waals surface area (Å²) in [5.74, 6) is -0.793. The van der Waals surface area contributed by atoms with Crippen LogP contribution in [0.15, 0.2) is 18.2 Å². The maximum absolute atomic E-state index is 12.4. The molecule has 4 heteroatoms. The highest BCUT2D eigenvalue weighted by Crippen LogP contribution is 2.22. The Kier molecular flexibility index (Phi) is 4.06. The van der Waals surface area contributed by atoms with Gasteiger partial charge in [-0.05, 0) is 49.8 Å². The second-order valence-electron chi connectivity index (χ2n) is 5.95. The second-order valence-corrected chi connectivity index (χ2v) is 5.95. The van der Waals surface area contributed by atoms with Crippen molar-refractivity contribution in [3.8, 4) is 0 Å². The van der Waals surface area contributed by atoms with Gasteiger partial charge in [-0.2, -0.15) is 0 Å². The number of amides is 1. The van der Waals surface area contributed by atoms with Crippen molar-refractivity contribution < 1.29 is 14.3 Å². The van der Waals surface area contributed by atoms with E-state index >= 15 is 0 Å². The standard InChI is InChI=1S/C17H21NO3/c1-12-11-18(8-9-21-12)17(20)16(19)15-7-6-13-4-2-3-5-14(13)10-15/h6-7,10,12H,2-5,8-9,11H2,1H3/t12-/m0/s1. The zero-order chi connectivity index (χ0) is 14.8. The van der Waals surface area contributed by atoms with Crippen molar-refractivity contribution in [3.63, 3.8) is 0 Å². The number of carbonyl (C=O) groups is 2. The Bertz CT molecular complexity index is 567. The summed E-state index contributed by atoms with van der Waals surface area (Å²) in [6.07, 6.45) is 4.47. The molecule has 3 rings (SSSR count). The average molecular weight is 287 g/mol. The van der Waals surface area contributed by atoms with Crippen LogP contribution in [0.2, 0.25) is 0 Å². The van der Waals surface area contributed by atoms with E-state index in [4.69, 9.17) is 4.74 Å². The summed E-state index contributed by atoms with van der Waals surface area (Å²) in [6, 6.07) is 5.73. The van der Waals surface area contributed by atoms with E-state index in [9.17, 15) is 9.59 Å². The Balaban J connectivity index is 1.76. The van der Waals surface area contributed by atoms with Gasteiger partial charge in [-0.3, -0.25) is 9.59 Å². The summed E-state index contributed by atoms with van der Waals surface area (Å²) in [5, 5.41) is 0. The number of hydrogen-bond donors (Lipinski definition) is 0. The fourth-order valence-corrected chi connectivity index (χ4v) is 3.14. The largest absolute Gasteiger partial charge is 0.375 e. The lowest BCUT2D eigenvalue weighted by Gasteiger charge is -2.30. The SMILES string of the molecule is C[C@H]1CN(C(=O)C(=O)c2ccc3c(c2)CCCC3)CCO1. The number of rotatable bonds is 2. The lowest BCUT2D eigenvalue weighted by molar-refractivity contribution is -0.133. The number of morpholine rings is 1. The predicted octanol–water partition coefficient (Wildman–Crippen LogP) is 2.00. The molecule has 0 unspecified atom stereocenters. The maximum atomic E-state index is 12.4. The molecular weight excluding hydrogens is 266 g/mol. The summed E-state index contributed by atoms with van der Waals surface area (Å²) in [5.41, 5.74) is 3.08. The minimum absolute atomic E-state index is 0.000895. The number of aryl methyl sites for hydroxylation is 2. The Hall–Kier alpha value is -1.68. The van der Waals surface area contributed by atoms with Gasteiger partial charge < -0.3 is 9.64 Å². The number of benzene rings is 1. The Labute approximate surface area is 125 Å². The molecule has 1 heterocycles. The molecule has 1 saturated heterocycles. The second kappa shape index (κ2) is 5.98. The number of Topliss-reactive ketones (excluding diaryl/α,β-unsaturated/α-hetero) is 1. The third kappa shape index (κ3) is 3.00. The summed E-state index contributed by atoms with van der Waals surface area (Å²) in [7, 11) is 0. The third-order valence-corrected chi connectivity index (χ3v) is 4.33. The van der Waals surface area contributed by atoms with Gasteiger partial charge in [0.1, 0.15) is 0 Å². The Morgan fingerprint density at radius 3 is 2.71 bits per heavy atom. The monoisotopic (exact) mass is 287 g/mol. The highest BCUT2D eigenvalue weighted by atomic mass is 16.5. The number of fused-ring (bicyclic) bond motifs is 1. The number of ketones is 1. The van der Waals surface area contributed by atoms with E-state index in [0.29, 0.717) is 25.3 Å². The maximum Gasteiger partial charge on any atom is 0.295 e. The van der Waals surface area contributed by atoms with Crippen LogP contribution in [0.5, 0.6) is 0 Å². The van der Waals surface area contributed by atoms with Crippen LogP contribution in [-0.4, -0.2) is 42.4 Å². The first kappa shape index (κ1) is 14.3. The van der Waals surface area contributed by atoms with Crippen LogP contribution < -0.4 is 0 Å². The van der Waals surface area contributed by atoms with Crippen molar-refractivity contribution in [1.29, 1.82) is 0 Å². The minimum atomic E-state index is -0.402. The summed E-state index contributed by atoms with van der Waals surface area (Å²) in [6.45, 7) is 3.42. The third-order valence-electron chi connectivity index (χ3n) is 4.33. The molecule has 0 saturated carbocycles. The molecule has 1 aromatic rings. The van der Waals surface area contributed by atoms with Crippen LogP contribution in [0.1, 0.15) is 41.3 Å². The topological polar surface area (TPSA) is 46.6 Å². The molecule has 0 radical (unpaired) electrons. The fraction of sp³-hybridized carbons (Fsp3) is 0.529. The van der Waals surface area contributed by atoms with Gasteiger partial charge in [-0.1, -0.05) is 12.1 Å². The lowest BCUT2D eigenvalue weighted by Crippen LogP contribution is -2.47. The van der Waals surface area contributed by atoms with E-state index < -0.39 is 11.7 Å². The van der Waals surface area contributed by atoms with Crippen LogP contribution in [0.25, 0.3) is 0 Å². The normalized spacial score (nSPS) is 21.8. The molecule has 0 aromatic heterocycles. The summed E-state index contributed by atoms with van der Waals surface area (Å²) < 4.78 is 5.41. The van der Waals surface area contributed by atoms with Crippen molar-refractivity contribution >= 4 is 11.7 Å². The number of hydrogen-bond acceptors (Lipinski definition) is 3. The molecule has 21 heavy (non-hydrogen) atoms. The van der Waals surface area contributed by atoms with Crippen molar-refractivity contribution in [2.45, 2.75) is 38.7 Å². The molecule has 0 spiro atoms. The highest BCUT2D eigenvalue weighted by Gasteiger charge is 2.27. The molecule has 1 aliphatic heterocycles. The van der Waals surface area contributed by atoms with Gasteiger partial charge in [0, 0.05) is 18.7 Å². The zero-order valence-electron chi connectivity index (χ0n) is 12.4. The number of carbonyl (C=O) groups excluding carboxylic acids is 2. The van der Waals surface area contributed by atoms with Crippen molar-refractivity contribution in [2.75, 3.05) is 19.7 Å². The van der Waals surface area contributed by atoms with Crippen LogP contribution in [0.3, 0.4) is 0 Å². The first-order valence-corrected chi connectivity index (χ1v) is 7.72. The fourth-order valence-electron chi connectivity index (χ4n) is 3.14. The molecule has 112 valence electrons. The van der Waals surface area contributed by atoms with Gasteiger partial charge in [-0.25, -0.2) is 0 Å². The molecule has 1 atom stereocenters. The summed E-state index contributed by atoms with van der Waals surface area (Å²) in [4.78, 5) is 26.3. The molecule has 1 aromatic carbocycles.